The molecule has 2 aromatic heterocycles. The topological polar surface area (TPSA) is 67.9 Å². The van der Waals surface area contributed by atoms with Crippen LogP contribution >= 0.6 is 23.5 Å². The summed E-state index contributed by atoms with van der Waals surface area (Å²) in [5.41, 5.74) is 4.72. The molecule has 0 N–H and O–H groups in total. The summed E-state index contributed by atoms with van der Waals surface area (Å²) in [5.74, 6) is -0.986. The maximum atomic E-state index is 14.8. The third-order valence-electron chi connectivity index (χ3n) is 7.22. The van der Waals surface area contributed by atoms with E-state index in [1.807, 2.05) is 28.2 Å². The number of methoxy groups -OCH3 is 1. The first kappa shape index (κ1) is 30.0. The van der Waals surface area contributed by atoms with Crippen LogP contribution in [0.2, 0.25) is 5.02 Å². The van der Waals surface area contributed by atoms with Crippen LogP contribution in [0.1, 0.15) is 27.9 Å². The van der Waals surface area contributed by atoms with Gasteiger partial charge < -0.3 is 4.74 Å². The summed E-state index contributed by atoms with van der Waals surface area (Å²) in [6.07, 6.45) is -1.04. The van der Waals surface area contributed by atoms with Gasteiger partial charge in [0.05, 0.1) is 35.1 Å². The van der Waals surface area contributed by atoms with E-state index in [1.165, 1.54) is 49.4 Å². The first-order valence-electron chi connectivity index (χ1n) is 13.5. The van der Waals surface area contributed by atoms with Gasteiger partial charge in [0.25, 0.3) is 6.43 Å². The van der Waals surface area contributed by atoms with Crippen molar-refractivity contribution in [2.24, 2.45) is 0 Å². The molecule has 6 aromatic rings. The third-order valence-corrected chi connectivity index (χ3v) is 8.58. The SMILES string of the molecule is COC(=O)c1ccc(-c2cccc(-c3c(-c4ncccc4C#N)c4cc(F)ccc4n3Sc3ccc(C(F)F)cc3)c2)c(Cl)c1. The Labute approximate surface area is 265 Å². The Balaban J connectivity index is 1.62. The summed E-state index contributed by atoms with van der Waals surface area (Å²) in [6.45, 7) is 0. The summed E-state index contributed by atoms with van der Waals surface area (Å²) in [6, 6.07) is 28.2. The average Bonchev–Trinajstić information content (AvgIpc) is 3.37. The second-order valence-corrected chi connectivity index (χ2v) is 11.3. The van der Waals surface area contributed by atoms with Gasteiger partial charge in [-0.3, -0.25) is 8.96 Å². The van der Waals surface area contributed by atoms with Gasteiger partial charge in [-0.2, -0.15) is 5.26 Å². The Hall–Kier alpha value is -5.04. The molecule has 6 rings (SSSR count). The Bertz CT molecular complexity index is 2120. The van der Waals surface area contributed by atoms with Gasteiger partial charge in [-0.15, -0.1) is 0 Å². The molecule has 0 bridgehead atoms. The Morgan fingerprint density at radius 3 is 2.47 bits per heavy atom. The second kappa shape index (κ2) is 12.5. The Morgan fingerprint density at radius 2 is 1.76 bits per heavy atom. The molecule has 0 atom stereocenters. The summed E-state index contributed by atoms with van der Waals surface area (Å²) < 4.78 is 48.1. The van der Waals surface area contributed by atoms with Crippen LogP contribution in [0, 0.1) is 17.1 Å². The van der Waals surface area contributed by atoms with Crippen molar-refractivity contribution in [3.8, 4) is 39.7 Å². The van der Waals surface area contributed by atoms with E-state index in [4.69, 9.17) is 16.3 Å². The molecule has 5 nitrogen and oxygen atoms in total. The second-order valence-electron chi connectivity index (χ2n) is 9.92. The van der Waals surface area contributed by atoms with Gasteiger partial charge in [0.2, 0.25) is 0 Å². The van der Waals surface area contributed by atoms with E-state index >= 15 is 0 Å². The van der Waals surface area contributed by atoms with Crippen molar-refractivity contribution in [3.63, 3.8) is 0 Å². The summed E-state index contributed by atoms with van der Waals surface area (Å²) in [5, 5.41) is 10.9. The number of carbonyl (C=O) groups excluding carboxylic acids is 1. The number of esters is 1. The smallest absolute Gasteiger partial charge is 0.337 e. The number of nitriles is 1. The molecule has 222 valence electrons. The molecule has 0 amide bonds. The molecule has 4 aromatic carbocycles. The minimum Gasteiger partial charge on any atom is -0.465 e. The molecule has 2 heterocycles. The van der Waals surface area contributed by atoms with E-state index < -0.39 is 18.2 Å². The number of aromatic nitrogens is 2. The number of halogens is 4. The number of hydrogen-bond donors (Lipinski definition) is 0. The monoisotopic (exact) mass is 639 g/mol. The van der Waals surface area contributed by atoms with E-state index in [1.54, 1.807) is 48.7 Å². The fourth-order valence-electron chi connectivity index (χ4n) is 5.13. The minimum atomic E-state index is -2.61. The van der Waals surface area contributed by atoms with Crippen molar-refractivity contribution in [2.75, 3.05) is 7.11 Å². The molecule has 0 saturated carbocycles. The first-order valence-corrected chi connectivity index (χ1v) is 14.7. The van der Waals surface area contributed by atoms with Gasteiger partial charge in [0.1, 0.15) is 11.9 Å². The summed E-state index contributed by atoms with van der Waals surface area (Å²) in [7, 11) is 1.29. The predicted octanol–water partition coefficient (Wildman–Crippen LogP) is 9.98. The molecular weight excluding hydrogens is 619 g/mol. The summed E-state index contributed by atoms with van der Waals surface area (Å²) >= 11 is 7.89. The fourth-order valence-corrected chi connectivity index (χ4v) is 6.44. The van der Waals surface area contributed by atoms with Crippen LogP contribution in [0.4, 0.5) is 13.2 Å². The molecule has 45 heavy (non-hydrogen) atoms. The molecule has 0 aliphatic carbocycles. The van der Waals surface area contributed by atoms with Gasteiger partial charge in [0, 0.05) is 43.8 Å². The largest absolute Gasteiger partial charge is 0.465 e. The molecule has 10 heteroatoms. The number of benzene rings is 4. The van der Waals surface area contributed by atoms with Crippen molar-refractivity contribution in [1.29, 1.82) is 5.26 Å². The van der Waals surface area contributed by atoms with E-state index in [-0.39, 0.29) is 5.56 Å². The number of ether oxygens (including phenoxy) is 1. The molecule has 0 aliphatic heterocycles. The number of nitrogens with zero attached hydrogens (tertiary/aromatic N) is 3. The quantitative estimate of drug-likeness (QED) is 0.163. The van der Waals surface area contributed by atoms with Crippen LogP contribution < -0.4 is 0 Å². The lowest BCUT2D eigenvalue weighted by molar-refractivity contribution is 0.0600. The van der Waals surface area contributed by atoms with E-state index in [0.29, 0.717) is 60.0 Å². The highest BCUT2D eigenvalue weighted by atomic mass is 35.5. The number of fused-ring (bicyclic) bond motifs is 1. The minimum absolute atomic E-state index is 0.102. The molecular formula is C35H21ClF3N3O2S. The zero-order chi connectivity index (χ0) is 31.7. The van der Waals surface area contributed by atoms with Gasteiger partial charge in [0.15, 0.2) is 0 Å². The number of rotatable bonds is 7. The highest BCUT2D eigenvalue weighted by molar-refractivity contribution is 7.98. The molecule has 0 unspecified atom stereocenters. The third kappa shape index (κ3) is 5.78. The van der Waals surface area contributed by atoms with E-state index in [2.05, 4.69) is 11.1 Å². The molecule has 0 spiro atoms. The van der Waals surface area contributed by atoms with Crippen molar-refractivity contribution in [3.05, 3.63) is 131 Å². The normalized spacial score (nSPS) is 11.1. The molecule has 0 aliphatic rings. The maximum Gasteiger partial charge on any atom is 0.337 e. The Kier molecular flexibility index (Phi) is 8.35. The fraction of sp³-hybridized carbons (Fsp3) is 0.0571. The predicted molar refractivity (Wildman–Crippen MR) is 170 cm³/mol. The zero-order valence-electron chi connectivity index (χ0n) is 23.5. The highest BCUT2D eigenvalue weighted by Gasteiger charge is 2.25. The van der Waals surface area contributed by atoms with Crippen LogP contribution in [0.25, 0.3) is 44.5 Å². The standard InChI is InChI=1S/C35H21ClF3N3O2S/c1-44-35(43)23-9-13-27(29(36)17-23)21-4-2-5-22(16-21)33-31(32-24(19-40)6-3-15-41-32)28-18-25(37)10-14-30(28)42(33)45-26-11-7-20(8-12-26)34(38)39/h2-18,34H,1H3. The molecule has 0 fully saturated rings. The number of carbonyl (C=O) groups is 1. The van der Waals surface area contributed by atoms with Crippen molar-refractivity contribution < 1.29 is 22.7 Å². The zero-order valence-corrected chi connectivity index (χ0v) is 25.0. The summed E-state index contributed by atoms with van der Waals surface area (Å²) in [4.78, 5) is 17.3. The van der Waals surface area contributed by atoms with E-state index in [0.717, 1.165) is 5.56 Å². The van der Waals surface area contributed by atoms with Gasteiger partial charge >= 0.3 is 5.97 Å². The van der Waals surface area contributed by atoms with Gasteiger partial charge in [-0.1, -0.05) is 48.0 Å². The van der Waals surface area contributed by atoms with Crippen LogP contribution in [-0.4, -0.2) is 22.0 Å². The average molecular weight is 640 g/mol. The van der Waals surface area contributed by atoms with Crippen molar-refractivity contribution >= 4 is 40.4 Å². The highest BCUT2D eigenvalue weighted by Crippen LogP contribution is 2.46. The first-order chi connectivity index (χ1) is 21.8. The van der Waals surface area contributed by atoms with Crippen LogP contribution in [0.3, 0.4) is 0 Å². The lowest BCUT2D eigenvalue weighted by atomic mass is 9.96. The van der Waals surface area contributed by atoms with Crippen molar-refractivity contribution in [2.45, 2.75) is 11.3 Å². The van der Waals surface area contributed by atoms with E-state index in [9.17, 15) is 23.2 Å². The molecule has 0 saturated heterocycles. The van der Waals surface area contributed by atoms with Gasteiger partial charge in [-0.25, -0.2) is 18.0 Å². The van der Waals surface area contributed by atoms with Gasteiger partial charge in [-0.05, 0) is 78.2 Å². The molecule has 0 radical (unpaired) electrons. The lowest BCUT2D eigenvalue weighted by Crippen LogP contribution is -2.01. The lowest BCUT2D eigenvalue weighted by Gasteiger charge is -2.14. The van der Waals surface area contributed by atoms with Crippen LogP contribution in [0.5, 0.6) is 0 Å². The maximum absolute atomic E-state index is 14.8. The van der Waals surface area contributed by atoms with Crippen LogP contribution in [-0.2, 0) is 4.74 Å². The number of pyridine rings is 1. The Morgan fingerprint density at radius 1 is 0.978 bits per heavy atom. The van der Waals surface area contributed by atoms with Crippen molar-refractivity contribution in [1.82, 2.24) is 8.96 Å². The number of hydrogen-bond acceptors (Lipinski definition) is 5. The van der Waals surface area contributed by atoms with Crippen LogP contribution in [0.15, 0.2) is 108 Å². The number of alkyl halides is 2.